The molecule has 10 heteroatoms. The molecule has 1 aromatic heterocycles. The second kappa shape index (κ2) is 12.3. The van der Waals surface area contributed by atoms with E-state index < -0.39 is 5.91 Å². The number of nitrogens with one attached hydrogen (secondary N) is 2. The number of amides is 3. The van der Waals surface area contributed by atoms with Gasteiger partial charge in [-0.1, -0.05) is 25.6 Å². The summed E-state index contributed by atoms with van der Waals surface area (Å²) in [7, 11) is 3.45. The van der Waals surface area contributed by atoms with Gasteiger partial charge in [0.05, 0.1) is 12.2 Å². The van der Waals surface area contributed by atoms with Crippen LogP contribution < -0.4 is 21.3 Å². The first-order chi connectivity index (χ1) is 16.2. The molecular formula is C24H33N7O3. The van der Waals surface area contributed by atoms with Crippen molar-refractivity contribution in [2.75, 3.05) is 43.9 Å². The fourth-order valence-electron chi connectivity index (χ4n) is 3.21. The Balaban J connectivity index is 2.13. The zero-order valence-electron chi connectivity index (χ0n) is 20.2. The summed E-state index contributed by atoms with van der Waals surface area (Å²) >= 11 is 0. The van der Waals surface area contributed by atoms with Crippen LogP contribution in [0.2, 0.25) is 0 Å². The molecule has 3 amide bonds. The number of anilines is 3. The Morgan fingerprint density at radius 1 is 1.18 bits per heavy atom. The van der Waals surface area contributed by atoms with Crippen LogP contribution in [0, 0.1) is 0 Å². The number of nitrogens with two attached hydrogens (primary N) is 1. The smallest absolute Gasteiger partial charge is 0.271 e. The minimum atomic E-state index is -0.658. The van der Waals surface area contributed by atoms with Crippen molar-refractivity contribution >= 4 is 35.0 Å². The quantitative estimate of drug-likeness (QED) is 0.404. The molecule has 1 heterocycles. The number of aryl methyl sites for hydroxylation is 1. The van der Waals surface area contributed by atoms with Crippen molar-refractivity contribution in [1.29, 1.82) is 0 Å². The van der Waals surface area contributed by atoms with E-state index in [-0.39, 0.29) is 24.1 Å². The third-order valence-corrected chi connectivity index (χ3v) is 5.21. The summed E-state index contributed by atoms with van der Waals surface area (Å²) in [5.74, 6) is -0.240. The number of carbonyl (C=O) groups excluding carboxylic acids is 3. The highest BCUT2D eigenvalue weighted by molar-refractivity contribution is 5.96. The van der Waals surface area contributed by atoms with Crippen LogP contribution in [-0.4, -0.2) is 66.3 Å². The molecule has 34 heavy (non-hydrogen) atoms. The standard InChI is InChI=1S/C24H33N7O3/c1-6-18-24(30(4)8-3)29-23(21(28-18)22(25)34)27-17-11-9-10-16(14-17)12-13-26-19(32)15-31(5)20(33)7-2/h7,9-11,14H,2,6,8,12-13,15H2,1,3-5H3,(H2,25,34)(H,26,32)(H,27,29). The summed E-state index contributed by atoms with van der Waals surface area (Å²) in [6.07, 6.45) is 2.36. The Bertz CT molecular complexity index is 1050. The minimum absolute atomic E-state index is 0.0384. The summed E-state index contributed by atoms with van der Waals surface area (Å²) < 4.78 is 0. The van der Waals surface area contributed by atoms with Crippen LogP contribution in [0.5, 0.6) is 0 Å². The van der Waals surface area contributed by atoms with Gasteiger partial charge in [-0.3, -0.25) is 14.4 Å². The van der Waals surface area contributed by atoms with Gasteiger partial charge in [0.15, 0.2) is 17.3 Å². The number of nitrogens with zero attached hydrogens (tertiary/aromatic N) is 4. The summed E-state index contributed by atoms with van der Waals surface area (Å²) in [6, 6.07) is 7.55. The molecule has 0 fully saturated rings. The third kappa shape index (κ3) is 7.03. The van der Waals surface area contributed by atoms with Crippen LogP contribution in [0.4, 0.5) is 17.3 Å². The molecule has 10 nitrogen and oxygen atoms in total. The van der Waals surface area contributed by atoms with Gasteiger partial charge in [0.1, 0.15) is 0 Å². The molecule has 0 atom stereocenters. The highest BCUT2D eigenvalue weighted by atomic mass is 16.2. The molecule has 1 aromatic carbocycles. The van der Waals surface area contributed by atoms with E-state index in [0.717, 1.165) is 12.1 Å². The van der Waals surface area contributed by atoms with E-state index in [1.54, 1.807) is 7.05 Å². The molecule has 2 rings (SSSR count). The first kappa shape index (κ1) is 26.3. The van der Waals surface area contributed by atoms with Crippen molar-refractivity contribution in [2.24, 2.45) is 5.73 Å². The number of carbonyl (C=O) groups is 3. The second-order valence-corrected chi connectivity index (χ2v) is 7.75. The SMILES string of the molecule is C=CC(=O)N(C)CC(=O)NCCc1cccc(Nc2nc(N(C)CC)c(CC)nc2C(N)=O)c1. The predicted molar refractivity (Wildman–Crippen MR) is 133 cm³/mol. The average molecular weight is 468 g/mol. The first-order valence-corrected chi connectivity index (χ1v) is 11.1. The van der Waals surface area contributed by atoms with Gasteiger partial charge in [-0.2, -0.15) is 0 Å². The summed E-state index contributed by atoms with van der Waals surface area (Å²) in [4.78, 5) is 47.9. The lowest BCUT2D eigenvalue weighted by molar-refractivity contribution is -0.131. The Morgan fingerprint density at radius 3 is 2.53 bits per heavy atom. The monoisotopic (exact) mass is 467 g/mol. The van der Waals surface area contributed by atoms with Gasteiger partial charge >= 0.3 is 0 Å². The van der Waals surface area contributed by atoms with Gasteiger partial charge in [-0.15, -0.1) is 0 Å². The van der Waals surface area contributed by atoms with E-state index >= 15 is 0 Å². The molecule has 2 aromatic rings. The lowest BCUT2D eigenvalue weighted by Gasteiger charge is -2.21. The highest BCUT2D eigenvalue weighted by Gasteiger charge is 2.19. The molecule has 0 aliphatic heterocycles. The van der Waals surface area contributed by atoms with Crippen LogP contribution in [0.25, 0.3) is 0 Å². The van der Waals surface area contributed by atoms with Crippen LogP contribution in [0.15, 0.2) is 36.9 Å². The molecule has 0 radical (unpaired) electrons. The van der Waals surface area contributed by atoms with Crippen molar-refractivity contribution in [3.05, 3.63) is 53.9 Å². The molecule has 0 saturated heterocycles. The van der Waals surface area contributed by atoms with Crippen LogP contribution in [-0.2, 0) is 22.4 Å². The number of hydrogen-bond donors (Lipinski definition) is 3. The number of aromatic nitrogens is 2. The fourth-order valence-corrected chi connectivity index (χ4v) is 3.21. The molecule has 0 aliphatic rings. The number of likely N-dealkylation sites (N-methyl/N-ethyl adjacent to an activating group) is 1. The maximum absolute atomic E-state index is 12.0. The second-order valence-electron chi connectivity index (χ2n) is 7.75. The lowest BCUT2D eigenvalue weighted by atomic mass is 10.1. The van der Waals surface area contributed by atoms with E-state index in [2.05, 4.69) is 27.2 Å². The molecule has 0 unspecified atom stereocenters. The molecule has 0 aliphatic carbocycles. The van der Waals surface area contributed by atoms with E-state index in [9.17, 15) is 14.4 Å². The van der Waals surface area contributed by atoms with Gasteiger partial charge in [0, 0.05) is 32.9 Å². The van der Waals surface area contributed by atoms with Crippen LogP contribution >= 0.6 is 0 Å². The summed E-state index contributed by atoms with van der Waals surface area (Å²) in [5, 5.41) is 5.96. The van der Waals surface area contributed by atoms with Gasteiger partial charge in [-0.05, 0) is 43.5 Å². The highest BCUT2D eigenvalue weighted by Crippen LogP contribution is 2.24. The zero-order chi connectivity index (χ0) is 25.3. The van der Waals surface area contributed by atoms with Crippen LogP contribution in [0.3, 0.4) is 0 Å². The zero-order valence-corrected chi connectivity index (χ0v) is 20.2. The average Bonchev–Trinajstić information content (AvgIpc) is 2.82. The fraction of sp³-hybridized carbons (Fsp3) is 0.375. The Kier molecular flexibility index (Phi) is 9.54. The van der Waals surface area contributed by atoms with E-state index in [1.807, 2.05) is 50.1 Å². The number of benzene rings is 1. The molecule has 182 valence electrons. The topological polar surface area (TPSA) is 134 Å². The number of hydrogen-bond acceptors (Lipinski definition) is 7. The normalized spacial score (nSPS) is 10.4. The van der Waals surface area contributed by atoms with Crippen molar-refractivity contribution in [3.63, 3.8) is 0 Å². The molecule has 0 spiro atoms. The van der Waals surface area contributed by atoms with E-state index in [1.165, 1.54) is 11.0 Å². The first-order valence-electron chi connectivity index (χ1n) is 11.1. The van der Waals surface area contributed by atoms with Crippen molar-refractivity contribution in [1.82, 2.24) is 20.2 Å². The maximum atomic E-state index is 12.0. The van der Waals surface area contributed by atoms with Crippen LogP contribution in [0.1, 0.15) is 35.6 Å². The molecule has 0 saturated carbocycles. The Morgan fingerprint density at radius 2 is 1.91 bits per heavy atom. The van der Waals surface area contributed by atoms with Gasteiger partial charge in [0.2, 0.25) is 11.8 Å². The van der Waals surface area contributed by atoms with Gasteiger partial charge in [-0.25, -0.2) is 9.97 Å². The van der Waals surface area contributed by atoms with E-state index in [0.29, 0.717) is 42.4 Å². The number of rotatable bonds is 12. The lowest BCUT2D eigenvalue weighted by Crippen LogP contribution is -2.38. The third-order valence-electron chi connectivity index (χ3n) is 5.21. The van der Waals surface area contributed by atoms with Crippen molar-refractivity contribution in [3.8, 4) is 0 Å². The van der Waals surface area contributed by atoms with Gasteiger partial charge < -0.3 is 26.2 Å². The maximum Gasteiger partial charge on any atom is 0.271 e. The largest absolute Gasteiger partial charge is 0.364 e. The molecular weight excluding hydrogens is 434 g/mol. The summed E-state index contributed by atoms with van der Waals surface area (Å²) in [6.45, 7) is 8.46. The minimum Gasteiger partial charge on any atom is -0.364 e. The molecule has 4 N–H and O–H groups in total. The predicted octanol–water partition coefficient (Wildman–Crippen LogP) is 1.64. The Labute approximate surface area is 200 Å². The van der Waals surface area contributed by atoms with Crippen molar-refractivity contribution in [2.45, 2.75) is 26.7 Å². The molecule has 0 bridgehead atoms. The van der Waals surface area contributed by atoms with Gasteiger partial charge in [0.25, 0.3) is 5.91 Å². The number of primary amides is 1. The Hall–Kier alpha value is -3.95. The van der Waals surface area contributed by atoms with E-state index in [4.69, 9.17) is 5.73 Å². The summed E-state index contributed by atoms with van der Waals surface area (Å²) in [5.41, 5.74) is 8.04. The van der Waals surface area contributed by atoms with Crippen molar-refractivity contribution < 1.29 is 14.4 Å².